The number of rotatable bonds is 7. The topological polar surface area (TPSA) is 70.2 Å². The van der Waals surface area contributed by atoms with E-state index in [0.29, 0.717) is 5.69 Å². The molecule has 2 aromatic carbocycles. The Morgan fingerprint density at radius 1 is 1.08 bits per heavy atom. The Balaban J connectivity index is 1.98. The second-order valence-electron chi connectivity index (χ2n) is 6.43. The minimum atomic E-state index is -0.529. The van der Waals surface area contributed by atoms with Crippen molar-refractivity contribution in [3.8, 4) is 0 Å². The van der Waals surface area contributed by atoms with Crippen LogP contribution >= 0.6 is 0 Å². The van der Waals surface area contributed by atoms with Crippen LogP contribution in [0.25, 0.3) is 0 Å². The summed E-state index contributed by atoms with van der Waals surface area (Å²) in [6.45, 7) is 5.44. The highest BCUT2D eigenvalue weighted by atomic mass is 19.1. The van der Waals surface area contributed by atoms with Crippen LogP contribution in [0.1, 0.15) is 32.4 Å². The Morgan fingerprint density at radius 3 is 2.38 bits per heavy atom. The molecule has 2 aromatic rings. The molecule has 2 rings (SSSR count). The number of hydrogen-bond acceptors (Lipinski definition) is 3. The molecule has 0 fully saturated rings. The van der Waals surface area contributed by atoms with E-state index in [2.05, 4.69) is 16.0 Å². The monoisotopic (exact) mass is 357 g/mol. The zero-order chi connectivity index (χ0) is 19.1. The molecule has 2 amide bonds. The first kappa shape index (κ1) is 19.4. The molecule has 26 heavy (non-hydrogen) atoms. The van der Waals surface area contributed by atoms with Crippen molar-refractivity contribution >= 4 is 23.2 Å². The largest absolute Gasteiger partial charge is 0.376 e. The van der Waals surface area contributed by atoms with Crippen molar-refractivity contribution in [3.63, 3.8) is 0 Å². The van der Waals surface area contributed by atoms with Gasteiger partial charge in [0, 0.05) is 12.6 Å². The fraction of sp³-hybridized carbons (Fsp3) is 0.300. The highest BCUT2D eigenvalue weighted by molar-refractivity contribution is 5.89. The van der Waals surface area contributed by atoms with Gasteiger partial charge in [0.05, 0.1) is 18.3 Å². The molecule has 0 saturated carbocycles. The molecule has 0 unspecified atom stereocenters. The molecule has 138 valence electrons. The van der Waals surface area contributed by atoms with E-state index in [4.69, 9.17) is 0 Å². The lowest BCUT2D eigenvalue weighted by atomic mass is 9.96. The van der Waals surface area contributed by atoms with E-state index >= 15 is 0 Å². The van der Waals surface area contributed by atoms with E-state index in [-0.39, 0.29) is 36.0 Å². The summed E-state index contributed by atoms with van der Waals surface area (Å²) in [7, 11) is 0. The van der Waals surface area contributed by atoms with Gasteiger partial charge in [0.2, 0.25) is 11.8 Å². The summed E-state index contributed by atoms with van der Waals surface area (Å²) in [5, 5.41) is 8.38. The van der Waals surface area contributed by atoms with E-state index in [1.165, 1.54) is 25.1 Å². The molecule has 3 N–H and O–H groups in total. The third kappa shape index (κ3) is 5.58. The first-order valence-electron chi connectivity index (χ1n) is 8.52. The highest BCUT2D eigenvalue weighted by Crippen LogP contribution is 2.22. The van der Waals surface area contributed by atoms with Gasteiger partial charge in [-0.05, 0) is 29.7 Å². The number of carbonyl (C=O) groups excluding carboxylic acids is 2. The van der Waals surface area contributed by atoms with Crippen molar-refractivity contribution in [1.82, 2.24) is 5.32 Å². The Kier molecular flexibility index (Phi) is 6.72. The standard InChI is InChI=1S/C20H24FN3O2/c1-13(2)20(15-7-5-4-6-8-15)24-19(26)12-22-16-9-10-17(21)18(11-16)23-14(3)25/h4-11,13,20,22H,12H2,1-3H3,(H,23,25)(H,24,26)/t20-/m0/s1. The van der Waals surface area contributed by atoms with Gasteiger partial charge in [-0.15, -0.1) is 0 Å². The molecule has 0 bridgehead atoms. The van der Waals surface area contributed by atoms with Gasteiger partial charge in [-0.25, -0.2) is 4.39 Å². The van der Waals surface area contributed by atoms with Crippen LogP contribution < -0.4 is 16.0 Å². The number of benzene rings is 2. The van der Waals surface area contributed by atoms with E-state index in [1.54, 1.807) is 0 Å². The highest BCUT2D eigenvalue weighted by Gasteiger charge is 2.18. The quantitative estimate of drug-likeness (QED) is 0.707. The van der Waals surface area contributed by atoms with Gasteiger partial charge in [0.15, 0.2) is 0 Å². The molecule has 0 spiro atoms. The van der Waals surface area contributed by atoms with E-state index in [1.807, 2.05) is 44.2 Å². The molecule has 0 saturated heterocycles. The summed E-state index contributed by atoms with van der Waals surface area (Å²) < 4.78 is 13.7. The van der Waals surface area contributed by atoms with Crippen molar-refractivity contribution in [2.75, 3.05) is 17.2 Å². The van der Waals surface area contributed by atoms with E-state index in [9.17, 15) is 14.0 Å². The average molecular weight is 357 g/mol. The Hall–Kier alpha value is -2.89. The number of hydrogen-bond donors (Lipinski definition) is 3. The number of carbonyl (C=O) groups is 2. The summed E-state index contributed by atoms with van der Waals surface area (Å²) in [5.74, 6) is -0.822. The summed E-state index contributed by atoms with van der Waals surface area (Å²) in [6.07, 6.45) is 0. The van der Waals surface area contributed by atoms with Gasteiger partial charge in [0.1, 0.15) is 5.82 Å². The van der Waals surface area contributed by atoms with Crippen LogP contribution in [0.5, 0.6) is 0 Å². The number of amides is 2. The van der Waals surface area contributed by atoms with Crippen molar-refractivity contribution in [2.45, 2.75) is 26.8 Å². The molecule has 0 aromatic heterocycles. The van der Waals surface area contributed by atoms with Crippen LogP contribution in [0.4, 0.5) is 15.8 Å². The molecule has 0 heterocycles. The zero-order valence-electron chi connectivity index (χ0n) is 15.2. The second kappa shape index (κ2) is 8.99. The van der Waals surface area contributed by atoms with E-state index in [0.717, 1.165) is 5.56 Å². The van der Waals surface area contributed by atoms with Crippen LogP contribution in [0.2, 0.25) is 0 Å². The molecule has 0 aliphatic carbocycles. The third-order valence-electron chi connectivity index (χ3n) is 3.87. The van der Waals surface area contributed by atoms with Crippen molar-refractivity contribution in [3.05, 3.63) is 59.9 Å². The Morgan fingerprint density at radius 2 is 1.77 bits per heavy atom. The summed E-state index contributed by atoms with van der Waals surface area (Å²) in [6, 6.07) is 13.9. The van der Waals surface area contributed by atoms with Gasteiger partial charge < -0.3 is 16.0 Å². The smallest absolute Gasteiger partial charge is 0.239 e. The molecule has 0 radical (unpaired) electrons. The minimum Gasteiger partial charge on any atom is -0.376 e. The zero-order valence-corrected chi connectivity index (χ0v) is 15.2. The molecular weight excluding hydrogens is 333 g/mol. The van der Waals surface area contributed by atoms with Gasteiger partial charge in [-0.2, -0.15) is 0 Å². The van der Waals surface area contributed by atoms with Crippen LogP contribution in [-0.2, 0) is 9.59 Å². The Bertz CT molecular complexity index is 763. The van der Waals surface area contributed by atoms with Gasteiger partial charge in [-0.3, -0.25) is 9.59 Å². The van der Waals surface area contributed by atoms with E-state index < -0.39 is 5.82 Å². The minimum absolute atomic E-state index is 0.0429. The molecule has 1 atom stereocenters. The van der Waals surface area contributed by atoms with Gasteiger partial charge in [-0.1, -0.05) is 44.2 Å². The first-order chi connectivity index (χ1) is 12.4. The number of anilines is 2. The fourth-order valence-corrected chi connectivity index (χ4v) is 2.62. The van der Waals surface area contributed by atoms with Gasteiger partial charge >= 0.3 is 0 Å². The van der Waals surface area contributed by atoms with Crippen molar-refractivity contribution in [1.29, 1.82) is 0 Å². The predicted molar refractivity (Wildman–Crippen MR) is 101 cm³/mol. The van der Waals surface area contributed by atoms with Crippen LogP contribution in [0.15, 0.2) is 48.5 Å². The van der Waals surface area contributed by atoms with Crippen molar-refractivity contribution < 1.29 is 14.0 Å². The molecule has 0 aliphatic heterocycles. The number of halogens is 1. The molecular formula is C20H24FN3O2. The van der Waals surface area contributed by atoms with Crippen molar-refractivity contribution in [2.24, 2.45) is 5.92 Å². The lowest BCUT2D eigenvalue weighted by Gasteiger charge is -2.23. The number of nitrogens with one attached hydrogen (secondary N) is 3. The van der Waals surface area contributed by atoms with Crippen LogP contribution in [-0.4, -0.2) is 18.4 Å². The first-order valence-corrected chi connectivity index (χ1v) is 8.52. The summed E-state index contributed by atoms with van der Waals surface area (Å²) in [5.41, 5.74) is 1.67. The molecule has 0 aliphatic rings. The maximum atomic E-state index is 13.7. The average Bonchev–Trinajstić information content (AvgIpc) is 2.60. The summed E-state index contributed by atoms with van der Waals surface area (Å²) >= 11 is 0. The molecule has 5 nitrogen and oxygen atoms in total. The predicted octanol–water partition coefficient (Wildman–Crippen LogP) is 3.71. The van der Waals surface area contributed by atoms with Gasteiger partial charge in [0.25, 0.3) is 0 Å². The maximum absolute atomic E-state index is 13.7. The normalized spacial score (nSPS) is 11.7. The maximum Gasteiger partial charge on any atom is 0.239 e. The molecule has 6 heteroatoms. The lowest BCUT2D eigenvalue weighted by Crippen LogP contribution is -2.35. The lowest BCUT2D eigenvalue weighted by molar-refractivity contribution is -0.120. The fourth-order valence-electron chi connectivity index (χ4n) is 2.62. The summed E-state index contributed by atoms with van der Waals surface area (Å²) in [4.78, 5) is 23.4. The SMILES string of the molecule is CC(=O)Nc1cc(NCC(=O)N[C@H](c2ccccc2)C(C)C)ccc1F. The Labute approximate surface area is 153 Å². The third-order valence-corrected chi connectivity index (χ3v) is 3.87. The second-order valence-corrected chi connectivity index (χ2v) is 6.43. The van der Waals surface area contributed by atoms with Crippen LogP contribution in [0, 0.1) is 11.7 Å². The van der Waals surface area contributed by atoms with Crippen LogP contribution in [0.3, 0.4) is 0 Å².